The fourth-order valence-electron chi connectivity index (χ4n) is 0.976. The molecule has 0 saturated heterocycles. The van der Waals surface area contributed by atoms with E-state index in [2.05, 4.69) is 5.32 Å². The molecule has 0 rings (SSSR count). The SMILES string of the molecule is COCCC(C)NC(=O)CCCN. The maximum Gasteiger partial charge on any atom is 0.220 e. The van der Waals surface area contributed by atoms with E-state index in [0.717, 1.165) is 12.8 Å². The van der Waals surface area contributed by atoms with Gasteiger partial charge in [0, 0.05) is 26.2 Å². The van der Waals surface area contributed by atoms with Gasteiger partial charge in [-0.1, -0.05) is 0 Å². The number of hydrogen-bond donors (Lipinski definition) is 2. The summed E-state index contributed by atoms with van der Waals surface area (Å²) in [5, 5.41) is 2.88. The second-order valence-corrected chi connectivity index (χ2v) is 3.14. The van der Waals surface area contributed by atoms with Gasteiger partial charge in [-0.05, 0) is 26.3 Å². The summed E-state index contributed by atoms with van der Waals surface area (Å²) >= 11 is 0. The van der Waals surface area contributed by atoms with E-state index in [9.17, 15) is 4.79 Å². The molecule has 0 aromatic carbocycles. The van der Waals surface area contributed by atoms with Gasteiger partial charge in [0.15, 0.2) is 0 Å². The van der Waals surface area contributed by atoms with Gasteiger partial charge in [-0.3, -0.25) is 4.79 Å². The molecule has 1 amide bonds. The minimum Gasteiger partial charge on any atom is -0.385 e. The van der Waals surface area contributed by atoms with Gasteiger partial charge in [0.1, 0.15) is 0 Å². The van der Waals surface area contributed by atoms with Crippen molar-refractivity contribution >= 4 is 5.91 Å². The second kappa shape index (κ2) is 8.01. The lowest BCUT2D eigenvalue weighted by Crippen LogP contribution is -2.33. The van der Waals surface area contributed by atoms with Crippen molar-refractivity contribution in [2.75, 3.05) is 20.3 Å². The predicted octanol–water partition coefficient (Wildman–Crippen LogP) is 0.267. The van der Waals surface area contributed by atoms with E-state index in [4.69, 9.17) is 10.5 Å². The molecule has 78 valence electrons. The summed E-state index contributed by atoms with van der Waals surface area (Å²) in [5.41, 5.74) is 5.29. The van der Waals surface area contributed by atoms with Gasteiger partial charge < -0.3 is 15.8 Å². The molecule has 0 heterocycles. The number of nitrogens with one attached hydrogen (secondary N) is 1. The number of hydrogen-bond acceptors (Lipinski definition) is 3. The Labute approximate surface area is 79.8 Å². The van der Waals surface area contributed by atoms with Gasteiger partial charge in [-0.2, -0.15) is 0 Å². The van der Waals surface area contributed by atoms with Crippen LogP contribution >= 0.6 is 0 Å². The van der Waals surface area contributed by atoms with Gasteiger partial charge in [0.25, 0.3) is 0 Å². The van der Waals surface area contributed by atoms with Crippen LogP contribution in [-0.4, -0.2) is 32.2 Å². The first-order chi connectivity index (χ1) is 6.20. The van der Waals surface area contributed by atoms with Gasteiger partial charge >= 0.3 is 0 Å². The first kappa shape index (κ1) is 12.4. The van der Waals surface area contributed by atoms with Crippen molar-refractivity contribution in [1.29, 1.82) is 0 Å². The van der Waals surface area contributed by atoms with Crippen molar-refractivity contribution < 1.29 is 9.53 Å². The number of amides is 1. The predicted molar refractivity (Wildman–Crippen MR) is 52.4 cm³/mol. The Bertz CT molecular complexity index is 140. The van der Waals surface area contributed by atoms with E-state index in [0.29, 0.717) is 19.6 Å². The van der Waals surface area contributed by atoms with Crippen molar-refractivity contribution in [2.24, 2.45) is 5.73 Å². The first-order valence-corrected chi connectivity index (χ1v) is 4.69. The fraction of sp³-hybridized carbons (Fsp3) is 0.889. The van der Waals surface area contributed by atoms with Crippen molar-refractivity contribution in [2.45, 2.75) is 32.2 Å². The molecule has 1 unspecified atom stereocenters. The lowest BCUT2D eigenvalue weighted by molar-refractivity contribution is -0.121. The molecule has 1 atom stereocenters. The molecule has 0 radical (unpaired) electrons. The Hall–Kier alpha value is -0.610. The van der Waals surface area contributed by atoms with E-state index in [1.807, 2.05) is 6.92 Å². The lowest BCUT2D eigenvalue weighted by atomic mass is 10.2. The molecule has 0 saturated carbocycles. The number of carbonyl (C=O) groups excluding carboxylic acids is 1. The molecule has 4 heteroatoms. The third-order valence-corrected chi connectivity index (χ3v) is 1.77. The first-order valence-electron chi connectivity index (χ1n) is 4.69. The molecule has 0 bridgehead atoms. The Morgan fingerprint density at radius 3 is 2.85 bits per heavy atom. The summed E-state index contributed by atoms with van der Waals surface area (Å²) in [7, 11) is 1.66. The standard InChI is InChI=1S/C9H20N2O2/c1-8(5-7-13-2)11-9(12)4-3-6-10/h8H,3-7,10H2,1-2H3,(H,11,12). The summed E-state index contributed by atoms with van der Waals surface area (Å²) in [6.07, 6.45) is 2.13. The van der Waals surface area contributed by atoms with E-state index in [-0.39, 0.29) is 11.9 Å². The van der Waals surface area contributed by atoms with Gasteiger partial charge in [-0.25, -0.2) is 0 Å². The molecular weight excluding hydrogens is 168 g/mol. The lowest BCUT2D eigenvalue weighted by Gasteiger charge is -2.12. The zero-order chi connectivity index (χ0) is 10.1. The van der Waals surface area contributed by atoms with Crippen molar-refractivity contribution in [3.05, 3.63) is 0 Å². The molecule has 0 aliphatic rings. The smallest absolute Gasteiger partial charge is 0.220 e. The molecule has 0 aromatic rings. The molecular formula is C9H20N2O2. The van der Waals surface area contributed by atoms with Gasteiger partial charge in [0.2, 0.25) is 5.91 Å². The fourth-order valence-corrected chi connectivity index (χ4v) is 0.976. The number of rotatable bonds is 7. The second-order valence-electron chi connectivity index (χ2n) is 3.14. The van der Waals surface area contributed by atoms with Crippen molar-refractivity contribution in [3.63, 3.8) is 0 Å². The van der Waals surface area contributed by atoms with Crippen LogP contribution in [-0.2, 0) is 9.53 Å². The molecule has 13 heavy (non-hydrogen) atoms. The van der Waals surface area contributed by atoms with E-state index < -0.39 is 0 Å². The number of ether oxygens (including phenoxy) is 1. The molecule has 0 aliphatic heterocycles. The molecule has 4 nitrogen and oxygen atoms in total. The van der Waals surface area contributed by atoms with Crippen LogP contribution < -0.4 is 11.1 Å². The molecule has 0 aliphatic carbocycles. The van der Waals surface area contributed by atoms with Crippen LogP contribution in [0.25, 0.3) is 0 Å². The van der Waals surface area contributed by atoms with Crippen LogP contribution in [0.1, 0.15) is 26.2 Å². The van der Waals surface area contributed by atoms with Gasteiger partial charge in [0.05, 0.1) is 0 Å². The summed E-state index contributed by atoms with van der Waals surface area (Å²) in [6, 6.07) is 0.185. The summed E-state index contributed by atoms with van der Waals surface area (Å²) < 4.78 is 4.90. The number of nitrogens with two attached hydrogens (primary N) is 1. The minimum absolute atomic E-state index is 0.0778. The minimum atomic E-state index is 0.0778. The third-order valence-electron chi connectivity index (χ3n) is 1.77. The molecule has 0 fully saturated rings. The highest BCUT2D eigenvalue weighted by atomic mass is 16.5. The van der Waals surface area contributed by atoms with Crippen LogP contribution in [0.5, 0.6) is 0 Å². The third kappa shape index (κ3) is 7.74. The maximum absolute atomic E-state index is 11.2. The normalized spacial score (nSPS) is 12.5. The summed E-state index contributed by atoms with van der Waals surface area (Å²) in [5.74, 6) is 0.0778. The molecule has 0 spiro atoms. The largest absolute Gasteiger partial charge is 0.385 e. The summed E-state index contributed by atoms with van der Waals surface area (Å²) in [4.78, 5) is 11.2. The monoisotopic (exact) mass is 188 g/mol. The highest BCUT2D eigenvalue weighted by Crippen LogP contribution is 1.93. The quantitative estimate of drug-likeness (QED) is 0.602. The van der Waals surface area contributed by atoms with Crippen molar-refractivity contribution in [3.8, 4) is 0 Å². The topological polar surface area (TPSA) is 64.3 Å². The van der Waals surface area contributed by atoms with Crippen molar-refractivity contribution in [1.82, 2.24) is 5.32 Å². The summed E-state index contributed by atoms with van der Waals surface area (Å²) in [6.45, 7) is 3.22. The highest BCUT2D eigenvalue weighted by molar-refractivity contribution is 5.76. The zero-order valence-electron chi connectivity index (χ0n) is 8.51. The average molecular weight is 188 g/mol. The van der Waals surface area contributed by atoms with E-state index >= 15 is 0 Å². The van der Waals surface area contributed by atoms with Crippen LogP contribution in [0.15, 0.2) is 0 Å². The van der Waals surface area contributed by atoms with E-state index in [1.165, 1.54) is 0 Å². The Morgan fingerprint density at radius 2 is 2.31 bits per heavy atom. The Kier molecular flexibility index (Phi) is 7.63. The maximum atomic E-state index is 11.2. The number of carbonyl (C=O) groups is 1. The highest BCUT2D eigenvalue weighted by Gasteiger charge is 2.05. The molecule has 0 aromatic heterocycles. The number of methoxy groups -OCH3 is 1. The van der Waals surface area contributed by atoms with Crippen LogP contribution in [0.3, 0.4) is 0 Å². The van der Waals surface area contributed by atoms with Crippen LogP contribution in [0, 0.1) is 0 Å². The van der Waals surface area contributed by atoms with Gasteiger partial charge in [-0.15, -0.1) is 0 Å². The zero-order valence-corrected chi connectivity index (χ0v) is 8.51. The molecule has 3 N–H and O–H groups in total. The Morgan fingerprint density at radius 1 is 1.62 bits per heavy atom. The van der Waals surface area contributed by atoms with Crippen LogP contribution in [0.2, 0.25) is 0 Å². The van der Waals surface area contributed by atoms with E-state index in [1.54, 1.807) is 7.11 Å². The van der Waals surface area contributed by atoms with Crippen LogP contribution in [0.4, 0.5) is 0 Å². The Balaban J connectivity index is 3.41. The average Bonchev–Trinajstić information content (AvgIpc) is 2.11.